The number of quaternary nitrogens is 1. The van der Waals surface area contributed by atoms with Crippen LogP contribution in [0.1, 0.15) is 39.2 Å². The van der Waals surface area contributed by atoms with Gasteiger partial charge in [-0.05, 0) is 38.5 Å². The summed E-state index contributed by atoms with van der Waals surface area (Å²) in [6.07, 6.45) is 2.16. The van der Waals surface area contributed by atoms with E-state index in [0.717, 1.165) is 43.1 Å². The minimum Gasteiger partial charge on any atom is -0.493 e. The van der Waals surface area contributed by atoms with Crippen molar-refractivity contribution in [1.29, 1.82) is 0 Å². The summed E-state index contributed by atoms with van der Waals surface area (Å²) in [7, 11) is 1.66. The van der Waals surface area contributed by atoms with Crippen LogP contribution in [-0.2, 0) is 6.54 Å². The smallest absolute Gasteiger partial charge is 0.161 e. The number of nitrogens with two attached hydrogens (primary N) is 1. The van der Waals surface area contributed by atoms with Crippen LogP contribution in [0.15, 0.2) is 18.2 Å². The minimum absolute atomic E-state index is 0.155. The molecule has 0 aromatic heterocycles. The van der Waals surface area contributed by atoms with E-state index in [1.54, 1.807) is 7.11 Å². The van der Waals surface area contributed by atoms with Gasteiger partial charge in [0.15, 0.2) is 11.5 Å². The molecule has 1 rings (SSSR count). The molecule has 114 valence electrons. The maximum atomic E-state index is 9.26. The van der Waals surface area contributed by atoms with Gasteiger partial charge in [-0.2, -0.15) is 0 Å². The lowest BCUT2D eigenvalue weighted by Crippen LogP contribution is -2.95. The Morgan fingerprint density at radius 1 is 1.25 bits per heavy atom. The molecule has 0 spiro atoms. The lowest BCUT2D eigenvalue weighted by molar-refractivity contribution is -0.736. The zero-order valence-corrected chi connectivity index (χ0v) is 13.1. The van der Waals surface area contributed by atoms with Crippen molar-refractivity contribution in [2.24, 2.45) is 0 Å². The number of methoxy groups -OCH3 is 1. The Balaban J connectivity index is 2.66. The monoisotopic (exact) mass is 282 g/mol. The summed E-state index contributed by atoms with van der Waals surface area (Å²) in [6, 6.07) is 6.02. The zero-order valence-electron chi connectivity index (χ0n) is 13.1. The third kappa shape index (κ3) is 5.39. The summed E-state index contributed by atoms with van der Waals surface area (Å²) < 4.78 is 11.1. The third-order valence-corrected chi connectivity index (χ3v) is 3.28. The number of rotatable bonds is 9. The quantitative estimate of drug-likeness (QED) is 0.678. The van der Waals surface area contributed by atoms with Gasteiger partial charge in [-0.1, -0.05) is 13.3 Å². The van der Waals surface area contributed by atoms with Crippen molar-refractivity contribution < 1.29 is 19.9 Å². The Morgan fingerprint density at radius 2 is 2.00 bits per heavy atom. The SMILES string of the molecule is CCCCOc1ccc(C[NH2+]C(C)(C)CO)cc1OC. The van der Waals surface area contributed by atoms with Crippen molar-refractivity contribution >= 4 is 0 Å². The van der Waals surface area contributed by atoms with Crippen LogP contribution in [0.5, 0.6) is 11.5 Å². The van der Waals surface area contributed by atoms with Crippen LogP contribution in [0.3, 0.4) is 0 Å². The standard InChI is InChI=1S/C16H27NO3/c1-5-6-9-20-14-8-7-13(10-15(14)19-4)11-17-16(2,3)12-18/h7-8,10,17-18H,5-6,9,11-12H2,1-4H3/p+1. The van der Waals surface area contributed by atoms with Gasteiger partial charge in [0.25, 0.3) is 0 Å². The van der Waals surface area contributed by atoms with Crippen LogP contribution < -0.4 is 14.8 Å². The van der Waals surface area contributed by atoms with E-state index < -0.39 is 0 Å². The Labute approximate surface area is 122 Å². The van der Waals surface area contributed by atoms with E-state index in [4.69, 9.17) is 9.47 Å². The molecule has 1 aromatic rings. The molecule has 0 radical (unpaired) electrons. The highest BCUT2D eigenvalue weighted by molar-refractivity contribution is 5.42. The molecule has 0 saturated carbocycles. The Bertz CT molecular complexity index is 405. The molecule has 0 heterocycles. The van der Waals surface area contributed by atoms with Gasteiger partial charge in [0, 0.05) is 5.56 Å². The van der Waals surface area contributed by atoms with Gasteiger partial charge in [0.05, 0.1) is 20.3 Å². The van der Waals surface area contributed by atoms with Crippen molar-refractivity contribution in [2.45, 2.75) is 45.7 Å². The van der Waals surface area contributed by atoms with Gasteiger partial charge in [-0.25, -0.2) is 0 Å². The van der Waals surface area contributed by atoms with Crippen LogP contribution in [0, 0.1) is 0 Å². The Morgan fingerprint density at radius 3 is 2.60 bits per heavy atom. The van der Waals surface area contributed by atoms with Gasteiger partial charge >= 0.3 is 0 Å². The lowest BCUT2D eigenvalue weighted by atomic mass is 10.1. The molecular formula is C16H28NO3+. The summed E-state index contributed by atoms with van der Waals surface area (Å²) in [5.41, 5.74) is 0.995. The molecule has 20 heavy (non-hydrogen) atoms. The largest absolute Gasteiger partial charge is 0.493 e. The molecule has 0 amide bonds. The van der Waals surface area contributed by atoms with Crippen LogP contribution >= 0.6 is 0 Å². The van der Waals surface area contributed by atoms with Crippen molar-refractivity contribution in [2.75, 3.05) is 20.3 Å². The summed E-state index contributed by atoms with van der Waals surface area (Å²) in [5.74, 6) is 1.57. The molecule has 0 fully saturated rings. The van der Waals surface area contributed by atoms with Crippen molar-refractivity contribution in [3.05, 3.63) is 23.8 Å². The third-order valence-electron chi connectivity index (χ3n) is 3.28. The summed E-state index contributed by atoms with van der Waals surface area (Å²) in [4.78, 5) is 0. The highest BCUT2D eigenvalue weighted by Crippen LogP contribution is 2.28. The van der Waals surface area contributed by atoms with Crippen LogP contribution in [0.2, 0.25) is 0 Å². The second-order valence-electron chi connectivity index (χ2n) is 5.74. The number of hydrogen-bond acceptors (Lipinski definition) is 3. The number of aliphatic hydroxyl groups is 1. The first-order valence-electron chi connectivity index (χ1n) is 7.27. The first-order valence-corrected chi connectivity index (χ1v) is 7.27. The number of unbranched alkanes of at least 4 members (excludes halogenated alkanes) is 1. The molecule has 4 nitrogen and oxygen atoms in total. The molecule has 0 aliphatic rings. The van der Waals surface area contributed by atoms with Crippen LogP contribution in [-0.4, -0.2) is 31.0 Å². The number of aliphatic hydroxyl groups excluding tert-OH is 1. The molecule has 0 atom stereocenters. The fourth-order valence-electron chi connectivity index (χ4n) is 1.74. The Hall–Kier alpha value is -1.26. The predicted molar refractivity (Wildman–Crippen MR) is 80.2 cm³/mol. The topological polar surface area (TPSA) is 55.3 Å². The molecule has 0 aliphatic heterocycles. The fourth-order valence-corrected chi connectivity index (χ4v) is 1.74. The number of benzene rings is 1. The van der Waals surface area contributed by atoms with E-state index in [0.29, 0.717) is 0 Å². The number of ether oxygens (including phenoxy) is 2. The predicted octanol–water partition coefficient (Wildman–Crippen LogP) is 1.71. The zero-order chi connectivity index (χ0) is 15.0. The first-order chi connectivity index (χ1) is 9.52. The van der Waals surface area contributed by atoms with E-state index in [2.05, 4.69) is 12.2 Å². The van der Waals surface area contributed by atoms with E-state index in [1.807, 2.05) is 32.0 Å². The van der Waals surface area contributed by atoms with Crippen molar-refractivity contribution in [1.82, 2.24) is 0 Å². The normalized spacial score (nSPS) is 11.4. The average molecular weight is 282 g/mol. The van der Waals surface area contributed by atoms with Crippen molar-refractivity contribution in [3.63, 3.8) is 0 Å². The van der Waals surface area contributed by atoms with E-state index in [9.17, 15) is 5.11 Å². The number of hydrogen-bond donors (Lipinski definition) is 2. The highest BCUT2D eigenvalue weighted by atomic mass is 16.5. The van der Waals surface area contributed by atoms with Gasteiger partial charge in [-0.3, -0.25) is 0 Å². The summed E-state index contributed by atoms with van der Waals surface area (Å²) in [6.45, 7) is 7.86. The Kier molecular flexibility index (Phi) is 6.82. The van der Waals surface area contributed by atoms with E-state index in [1.165, 1.54) is 0 Å². The minimum atomic E-state index is -0.163. The molecule has 0 saturated heterocycles. The second kappa shape index (κ2) is 8.12. The van der Waals surface area contributed by atoms with Crippen LogP contribution in [0.25, 0.3) is 0 Å². The van der Waals surface area contributed by atoms with Crippen LogP contribution in [0.4, 0.5) is 0 Å². The second-order valence-corrected chi connectivity index (χ2v) is 5.74. The fraction of sp³-hybridized carbons (Fsp3) is 0.625. The molecule has 0 bridgehead atoms. The molecule has 3 N–H and O–H groups in total. The average Bonchev–Trinajstić information content (AvgIpc) is 2.46. The summed E-state index contributed by atoms with van der Waals surface area (Å²) >= 11 is 0. The van der Waals surface area contributed by atoms with E-state index in [-0.39, 0.29) is 12.1 Å². The van der Waals surface area contributed by atoms with Gasteiger partial charge in [0.2, 0.25) is 0 Å². The van der Waals surface area contributed by atoms with Gasteiger partial charge in [-0.15, -0.1) is 0 Å². The first kappa shape index (κ1) is 16.8. The van der Waals surface area contributed by atoms with Crippen molar-refractivity contribution in [3.8, 4) is 11.5 Å². The maximum Gasteiger partial charge on any atom is 0.161 e. The summed E-state index contributed by atoms with van der Waals surface area (Å²) in [5, 5.41) is 11.4. The van der Waals surface area contributed by atoms with E-state index >= 15 is 0 Å². The maximum absolute atomic E-state index is 9.26. The molecule has 1 aromatic carbocycles. The van der Waals surface area contributed by atoms with Gasteiger partial charge in [0.1, 0.15) is 12.1 Å². The van der Waals surface area contributed by atoms with Gasteiger partial charge < -0.3 is 19.9 Å². The molecule has 0 unspecified atom stereocenters. The molecular weight excluding hydrogens is 254 g/mol. The highest BCUT2D eigenvalue weighted by Gasteiger charge is 2.19. The molecule has 0 aliphatic carbocycles. The molecule has 4 heteroatoms. The lowest BCUT2D eigenvalue weighted by Gasteiger charge is -2.20.